The molecule has 5 rings (SSSR count). The maximum atomic E-state index is 14.5. The van der Waals surface area contributed by atoms with E-state index in [2.05, 4.69) is 10.3 Å². The highest BCUT2D eigenvalue weighted by Gasteiger charge is 2.40. The molecule has 0 spiro atoms. The number of nitrogens with one attached hydrogen (secondary N) is 2. The molecule has 1 heterocycles. The summed E-state index contributed by atoms with van der Waals surface area (Å²) in [5.74, 6) is -1.54. The summed E-state index contributed by atoms with van der Waals surface area (Å²) < 4.78 is 41.9. The zero-order valence-electron chi connectivity index (χ0n) is 17.6. The Kier molecular flexibility index (Phi) is 5.24. The number of amides is 1. The van der Waals surface area contributed by atoms with Crippen LogP contribution in [0.3, 0.4) is 0 Å². The lowest BCUT2D eigenvalue weighted by molar-refractivity contribution is -0.126. The molecule has 2 aromatic carbocycles. The van der Waals surface area contributed by atoms with E-state index in [-0.39, 0.29) is 35.7 Å². The Labute approximate surface area is 183 Å². The van der Waals surface area contributed by atoms with E-state index in [0.717, 1.165) is 43.7 Å². The molecule has 2 fully saturated rings. The van der Waals surface area contributed by atoms with Gasteiger partial charge >= 0.3 is 0 Å². The summed E-state index contributed by atoms with van der Waals surface area (Å²) in [6.45, 7) is -0.0421. The van der Waals surface area contributed by atoms with Crippen molar-refractivity contribution in [3.63, 3.8) is 0 Å². The van der Waals surface area contributed by atoms with Crippen LogP contribution in [0.1, 0.15) is 50.0 Å². The molecule has 3 aromatic rings. The number of rotatable bonds is 6. The first-order valence-electron chi connectivity index (χ1n) is 11.1. The zero-order valence-corrected chi connectivity index (χ0v) is 17.6. The van der Waals surface area contributed by atoms with E-state index >= 15 is 0 Å². The van der Waals surface area contributed by atoms with Gasteiger partial charge in [-0.25, -0.2) is 13.2 Å². The van der Waals surface area contributed by atoms with Gasteiger partial charge in [-0.2, -0.15) is 0 Å². The molecule has 0 unspecified atom stereocenters. The normalized spacial score (nSPS) is 21.8. The van der Waals surface area contributed by atoms with Gasteiger partial charge < -0.3 is 15.4 Å². The number of fused-ring (bicyclic) bond motifs is 1. The van der Waals surface area contributed by atoms with Gasteiger partial charge in [-0.3, -0.25) is 4.79 Å². The van der Waals surface area contributed by atoms with Gasteiger partial charge in [0.15, 0.2) is 0 Å². The van der Waals surface area contributed by atoms with E-state index in [4.69, 9.17) is 0 Å². The summed E-state index contributed by atoms with van der Waals surface area (Å²) in [5, 5.41) is 13.0. The Morgan fingerprint density at radius 1 is 1.09 bits per heavy atom. The summed E-state index contributed by atoms with van der Waals surface area (Å²) in [7, 11) is 0. The lowest BCUT2D eigenvalue weighted by Gasteiger charge is -2.42. The lowest BCUT2D eigenvalue weighted by Crippen LogP contribution is -2.56. The second-order valence-electron chi connectivity index (χ2n) is 9.31. The number of aromatic nitrogens is 1. The van der Waals surface area contributed by atoms with E-state index < -0.39 is 17.2 Å². The number of H-pyrrole nitrogens is 1. The predicted octanol–water partition coefficient (Wildman–Crippen LogP) is 5.17. The molecule has 4 nitrogen and oxygen atoms in total. The fourth-order valence-corrected chi connectivity index (χ4v) is 5.18. The second kappa shape index (κ2) is 7.96. The summed E-state index contributed by atoms with van der Waals surface area (Å²) in [5.41, 5.74) is 1.95. The van der Waals surface area contributed by atoms with Crippen molar-refractivity contribution in [2.45, 2.75) is 50.0 Å². The molecule has 3 N–H and O–H groups in total. The van der Waals surface area contributed by atoms with Crippen molar-refractivity contribution in [2.75, 3.05) is 6.61 Å². The van der Waals surface area contributed by atoms with E-state index in [1.165, 1.54) is 18.2 Å². The SMILES string of the molecule is O=C(CC1CC(c2c(-c3ccc(F)cc3)[nH]c3c(F)cc(F)cc23)C1)NC1(CO)CCC1. The number of carbonyl (C=O) groups is 1. The van der Waals surface area contributed by atoms with Crippen molar-refractivity contribution in [1.82, 2.24) is 10.3 Å². The van der Waals surface area contributed by atoms with Crippen molar-refractivity contribution >= 4 is 16.8 Å². The van der Waals surface area contributed by atoms with Crippen LogP contribution in [0, 0.1) is 23.4 Å². The van der Waals surface area contributed by atoms with Crippen LogP contribution in [0.4, 0.5) is 13.2 Å². The van der Waals surface area contributed by atoms with Crippen molar-refractivity contribution in [3.05, 3.63) is 59.4 Å². The third-order valence-electron chi connectivity index (χ3n) is 7.13. The molecule has 2 aliphatic carbocycles. The molecule has 7 heteroatoms. The number of carbonyl (C=O) groups excluding carboxylic acids is 1. The van der Waals surface area contributed by atoms with Gasteiger partial charge in [0.05, 0.1) is 23.4 Å². The van der Waals surface area contributed by atoms with Crippen molar-refractivity contribution in [1.29, 1.82) is 0 Å². The molecule has 32 heavy (non-hydrogen) atoms. The molecule has 0 saturated heterocycles. The highest BCUT2D eigenvalue weighted by Crippen LogP contribution is 2.49. The van der Waals surface area contributed by atoms with E-state index in [0.29, 0.717) is 23.1 Å². The topological polar surface area (TPSA) is 65.1 Å². The molecule has 0 radical (unpaired) electrons. The monoisotopic (exact) mass is 442 g/mol. The third kappa shape index (κ3) is 3.68. The first-order valence-corrected chi connectivity index (χ1v) is 11.1. The minimum atomic E-state index is -0.667. The highest BCUT2D eigenvalue weighted by atomic mass is 19.1. The zero-order chi connectivity index (χ0) is 22.5. The largest absolute Gasteiger partial charge is 0.394 e. The fraction of sp³-hybridized carbons (Fsp3) is 0.400. The van der Waals surface area contributed by atoms with Crippen LogP contribution in [-0.2, 0) is 4.79 Å². The minimum absolute atomic E-state index is 0.0401. The maximum absolute atomic E-state index is 14.5. The fourth-order valence-electron chi connectivity index (χ4n) is 5.18. The van der Waals surface area contributed by atoms with Gasteiger partial charge in [0.1, 0.15) is 17.5 Å². The number of benzene rings is 2. The molecular formula is C25H25F3N2O2. The number of halogens is 3. The molecule has 0 atom stereocenters. The van der Waals surface area contributed by atoms with E-state index in [1.54, 1.807) is 12.1 Å². The molecular weight excluding hydrogens is 417 g/mol. The smallest absolute Gasteiger partial charge is 0.220 e. The number of hydrogen-bond donors (Lipinski definition) is 3. The van der Waals surface area contributed by atoms with Crippen LogP contribution in [0.25, 0.3) is 22.2 Å². The van der Waals surface area contributed by atoms with Crippen LogP contribution >= 0.6 is 0 Å². The summed E-state index contributed by atoms with van der Waals surface area (Å²) >= 11 is 0. The molecule has 0 aliphatic heterocycles. The van der Waals surface area contributed by atoms with Gasteiger partial charge in [0.25, 0.3) is 0 Å². The average molecular weight is 442 g/mol. The number of aliphatic hydroxyl groups excluding tert-OH is 1. The van der Waals surface area contributed by atoms with Gasteiger partial charge in [-0.05, 0) is 85.4 Å². The number of aromatic amines is 1. The Morgan fingerprint density at radius 3 is 2.44 bits per heavy atom. The predicted molar refractivity (Wildman–Crippen MR) is 116 cm³/mol. The average Bonchev–Trinajstić information content (AvgIpc) is 3.07. The van der Waals surface area contributed by atoms with Crippen molar-refractivity contribution in [3.8, 4) is 11.3 Å². The highest BCUT2D eigenvalue weighted by molar-refractivity contribution is 5.92. The summed E-state index contributed by atoms with van der Waals surface area (Å²) in [4.78, 5) is 15.5. The van der Waals surface area contributed by atoms with Crippen LogP contribution in [-0.4, -0.2) is 28.1 Å². The van der Waals surface area contributed by atoms with Crippen LogP contribution in [0.15, 0.2) is 36.4 Å². The minimum Gasteiger partial charge on any atom is -0.394 e. The van der Waals surface area contributed by atoms with Gasteiger partial charge in [0, 0.05) is 17.9 Å². The molecule has 168 valence electrons. The van der Waals surface area contributed by atoms with Crippen molar-refractivity contribution in [2.24, 2.45) is 5.92 Å². The maximum Gasteiger partial charge on any atom is 0.220 e. The van der Waals surface area contributed by atoms with E-state index in [1.807, 2.05) is 0 Å². The third-order valence-corrected chi connectivity index (χ3v) is 7.13. The van der Waals surface area contributed by atoms with Crippen LogP contribution < -0.4 is 5.32 Å². The van der Waals surface area contributed by atoms with Crippen molar-refractivity contribution < 1.29 is 23.1 Å². The standard InChI is InChI=1S/C25H25F3N2O2/c26-17-4-2-15(3-5-17)23-22(19-11-18(27)12-20(28)24(19)29-23)16-8-14(9-16)10-21(32)30-25(13-31)6-1-7-25/h2-5,11-12,14,16,29,31H,1,6-10,13H2,(H,30,32). The lowest BCUT2D eigenvalue weighted by atomic mass is 9.68. The molecule has 2 saturated carbocycles. The molecule has 0 bridgehead atoms. The first kappa shape index (κ1) is 21.1. The molecule has 2 aliphatic rings. The quantitative estimate of drug-likeness (QED) is 0.493. The van der Waals surface area contributed by atoms with E-state index in [9.17, 15) is 23.1 Å². The first-order chi connectivity index (χ1) is 15.4. The van der Waals surface area contributed by atoms with Gasteiger partial charge in [-0.1, -0.05) is 0 Å². The Hall–Kier alpha value is -2.80. The number of hydrogen-bond acceptors (Lipinski definition) is 2. The van der Waals surface area contributed by atoms with Gasteiger partial charge in [-0.15, -0.1) is 0 Å². The molecule has 1 aromatic heterocycles. The van der Waals surface area contributed by atoms with Crippen LogP contribution in [0.5, 0.6) is 0 Å². The second-order valence-corrected chi connectivity index (χ2v) is 9.31. The Balaban J connectivity index is 1.39. The van der Waals surface area contributed by atoms with Crippen LogP contribution in [0.2, 0.25) is 0 Å². The summed E-state index contributed by atoms with van der Waals surface area (Å²) in [6, 6.07) is 8.10. The Morgan fingerprint density at radius 2 is 1.81 bits per heavy atom. The molecule has 1 amide bonds. The Bertz CT molecular complexity index is 1160. The van der Waals surface area contributed by atoms with Gasteiger partial charge in [0.2, 0.25) is 5.91 Å². The summed E-state index contributed by atoms with van der Waals surface area (Å²) in [6.07, 6.45) is 4.42. The number of aliphatic hydroxyl groups is 1.